The first-order valence-corrected chi connectivity index (χ1v) is 20.4. The van der Waals surface area contributed by atoms with Crippen molar-refractivity contribution in [3.63, 3.8) is 0 Å². The van der Waals surface area contributed by atoms with Gasteiger partial charge in [0.25, 0.3) is 14.1 Å². The Kier molecular flexibility index (Phi) is 11.5. The lowest BCUT2D eigenvalue weighted by Crippen LogP contribution is -2.50. The molecule has 1 unspecified atom stereocenters. The van der Waals surface area contributed by atoms with Crippen LogP contribution in [0.3, 0.4) is 0 Å². The fraction of sp³-hybridized carbons (Fsp3) is 0.389. The number of hydrogen-bond acceptors (Lipinski definition) is 10. The molecule has 0 amide bonds. The predicted octanol–water partition coefficient (Wildman–Crippen LogP) is 5.41. The van der Waals surface area contributed by atoms with E-state index < -0.39 is 58.2 Å². The first-order valence-electron chi connectivity index (χ1n) is 16.2. The number of nitrogens with one attached hydrogen (secondary N) is 1. The third-order valence-electron chi connectivity index (χ3n) is 9.51. The third-order valence-corrected chi connectivity index (χ3v) is 14.4. The molecule has 268 valence electrons. The van der Waals surface area contributed by atoms with Crippen LogP contribution in [0.1, 0.15) is 43.7 Å². The number of hydrogen-bond donors (Lipinski definition) is 3. The molecule has 1 aliphatic rings. The van der Waals surface area contributed by atoms with Gasteiger partial charge in [0, 0.05) is 12.3 Å². The van der Waals surface area contributed by atoms with Gasteiger partial charge in [0.2, 0.25) is 0 Å². The number of benzene rings is 3. The number of H-pyrrole nitrogens is 1. The van der Waals surface area contributed by atoms with Crippen LogP contribution < -0.4 is 26.2 Å². The van der Waals surface area contributed by atoms with E-state index in [0.29, 0.717) is 11.5 Å². The van der Waals surface area contributed by atoms with E-state index >= 15 is 0 Å². The van der Waals surface area contributed by atoms with Crippen molar-refractivity contribution in [2.24, 2.45) is 5.50 Å². The highest BCUT2D eigenvalue weighted by Gasteiger charge is 2.53. The zero-order valence-corrected chi connectivity index (χ0v) is 31.3. The van der Waals surface area contributed by atoms with Gasteiger partial charge in [0.05, 0.1) is 20.8 Å². The Morgan fingerprint density at radius 2 is 1.40 bits per heavy atom. The summed E-state index contributed by atoms with van der Waals surface area (Å²) in [5.41, 5.74) is 5.92. The van der Waals surface area contributed by atoms with Gasteiger partial charge in [0.15, 0.2) is 14.5 Å². The van der Waals surface area contributed by atoms with Crippen molar-refractivity contribution in [1.82, 2.24) is 9.55 Å². The average molecular weight is 724 g/mol. The summed E-state index contributed by atoms with van der Waals surface area (Å²) in [4.78, 5) is 38.0. The van der Waals surface area contributed by atoms with Crippen LogP contribution in [0.5, 0.6) is 11.5 Å². The zero-order valence-electron chi connectivity index (χ0n) is 29.4. The van der Waals surface area contributed by atoms with Crippen molar-refractivity contribution in [3.05, 3.63) is 129 Å². The van der Waals surface area contributed by atoms with Crippen molar-refractivity contribution >= 4 is 16.8 Å². The molecule has 5 atom stereocenters. The Morgan fingerprint density at radius 3 is 1.88 bits per heavy atom. The van der Waals surface area contributed by atoms with Gasteiger partial charge in [-0.1, -0.05) is 75.4 Å². The molecule has 1 fully saturated rings. The largest absolute Gasteiger partial charge is 0.497 e. The molecule has 50 heavy (non-hydrogen) atoms. The Morgan fingerprint density at radius 1 is 0.860 bits per heavy atom. The minimum atomic E-state index is -2.56. The summed E-state index contributed by atoms with van der Waals surface area (Å²) >= 11 is 0. The number of nitrogens with zero attached hydrogens (tertiary/aromatic N) is 1. The number of ether oxygens (including phenoxy) is 4. The fourth-order valence-corrected chi connectivity index (χ4v) is 7.66. The maximum absolute atomic E-state index is 13.2. The monoisotopic (exact) mass is 723 g/mol. The molecule has 3 aromatic carbocycles. The van der Waals surface area contributed by atoms with Gasteiger partial charge >= 0.3 is 5.69 Å². The summed E-state index contributed by atoms with van der Waals surface area (Å²) in [6, 6.07) is 26.3. The minimum Gasteiger partial charge on any atom is -0.497 e. The highest BCUT2D eigenvalue weighted by atomic mass is 31.2. The second kappa shape index (κ2) is 15.3. The van der Waals surface area contributed by atoms with E-state index in [2.05, 4.69) is 38.8 Å². The lowest BCUT2D eigenvalue weighted by atomic mass is 9.80. The van der Waals surface area contributed by atoms with Crippen molar-refractivity contribution in [2.45, 2.75) is 69.0 Å². The molecule has 4 N–H and O–H groups in total. The number of rotatable bonds is 13. The number of nitrogens with two attached hydrogens (primary N) is 1. The topological polar surface area (TPSA) is 156 Å². The van der Waals surface area contributed by atoms with Crippen molar-refractivity contribution in [1.29, 1.82) is 0 Å². The normalized spacial score (nSPS) is 20.4. The highest BCUT2D eigenvalue weighted by molar-refractivity contribution is 7.43. The van der Waals surface area contributed by atoms with Gasteiger partial charge in [-0.2, -0.15) is 0 Å². The van der Waals surface area contributed by atoms with Crippen molar-refractivity contribution in [3.8, 4) is 11.5 Å². The van der Waals surface area contributed by atoms with Gasteiger partial charge in [0.1, 0.15) is 35.4 Å². The molecule has 0 spiro atoms. The molecule has 12 nitrogen and oxygen atoms in total. The van der Waals surface area contributed by atoms with Crippen molar-refractivity contribution < 1.29 is 32.8 Å². The van der Waals surface area contributed by atoms with Gasteiger partial charge < -0.3 is 32.8 Å². The molecular formula is C36H46N3O9PSi. The Bertz CT molecular complexity index is 1780. The predicted molar refractivity (Wildman–Crippen MR) is 194 cm³/mol. The van der Waals surface area contributed by atoms with Gasteiger partial charge in [-0.3, -0.25) is 19.8 Å². The minimum absolute atomic E-state index is 0.0905. The molecule has 4 aromatic rings. The maximum atomic E-state index is 13.2. The van der Waals surface area contributed by atoms with E-state index in [0.717, 1.165) is 16.7 Å². The van der Waals surface area contributed by atoms with E-state index in [1.165, 1.54) is 16.8 Å². The Hall–Kier alpha value is -3.65. The summed E-state index contributed by atoms with van der Waals surface area (Å²) in [6.45, 7) is 10.3. The van der Waals surface area contributed by atoms with Crippen LogP contribution in [0, 0.1) is 0 Å². The summed E-state index contributed by atoms with van der Waals surface area (Å²) in [7, 11) is -1.73. The number of aromatic nitrogens is 2. The maximum Gasteiger partial charge on any atom is 0.330 e. The van der Waals surface area contributed by atoms with E-state index in [1.54, 1.807) is 14.2 Å². The lowest BCUT2D eigenvalue weighted by Gasteiger charge is -2.41. The molecule has 2 heterocycles. The van der Waals surface area contributed by atoms with Crippen LogP contribution in [-0.4, -0.2) is 61.9 Å². The standard InChI is InChI=1S/C36H46N3O9PSi/c1-35(2,3)50(6,7)48-32-31(47-49(37)42)29(46-33(32)39-22-21-30(40)38-34(39)41)23-45-36(24-11-9-8-10-12-24,25-13-17-27(43-4)18-14-25)26-15-19-28(44-5)20-16-26/h8-22,29,31-33,42H,23,37H2,1-7H3,(H,38,40,41)/t29-,31-,32-,33-,49?/m1/s1. The first kappa shape index (κ1) is 37.6. The molecular weight excluding hydrogens is 677 g/mol. The summed E-state index contributed by atoms with van der Waals surface area (Å²) in [5, 5.41) is -0.232. The second-order valence-electron chi connectivity index (χ2n) is 13.6. The smallest absolute Gasteiger partial charge is 0.330 e. The van der Waals surface area contributed by atoms with Crippen LogP contribution in [0.4, 0.5) is 0 Å². The number of aromatic amines is 1. The molecule has 1 saturated heterocycles. The molecule has 1 aromatic heterocycles. The summed E-state index contributed by atoms with van der Waals surface area (Å²) in [6.07, 6.45) is -2.44. The van der Waals surface area contributed by atoms with E-state index in [4.69, 9.17) is 33.4 Å². The van der Waals surface area contributed by atoms with Crippen LogP contribution in [-0.2, 0) is 24.0 Å². The quantitative estimate of drug-likeness (QED) is 0.0926. The molecule has 0 aliphatic carbocycles. The van der Waals surface area contributed by atoms with Crippen LogP contribution in [0.2, 0.25) is 18.1 Å². The molecule has 5 rings (SSSR count). The summed E-state index contributed by atoms with van der Waals surface area (Å²) in [5.74, 6) is 1.36. The van der Waals surface area contributed by atoms with Crippen LogP contribution >= 0.6 is 8.53 Å². The highest BCUT2D eigenvalue weighted by Crippen LogP contribution is 2.46. The molecule has 1 aliphatic heterocycles. The Balaban J connectivity index is 1.65. The van der Waals surface area contributed by atoms with E-state index in [-0.39, 0.29) is 11.6 Å². The van der Waals surface area contributed by atoms with Gasteiger partial charge in [-0.15, -0.1) is 0 Å². The second-order valence-corrected chi connectivity index (χ2v) is 19.2. The fourth-order valence-electron chi connectivity index (χ4n) is 5.87. The molecule has 0 bridgehead atoms. The van der Waals surface area contributed by atoms with Crippen molar-refractivity contribution in [2.75, 3.05) is 20.8 Å². The van der Waals surface area contributed by atoms with Crippen LogP contribution in [0.15, 0.2) is 101 Å². The van der Waals surface area contributed by atoms with Gasteiger partial charge in [-0.25, -0.2) is 4.79 Å². The average Bonchev–Trinajstić information content (AvgIpc) is 3.40. The van der Waals surface area contributed by atoms with Crippen LogP contribution in [0.25, 0.3) is 0 Å². The Labute approximate surface area is 294 Å². The zero-order chi connectivity index (χ0) is 36.3. The van der Waals surface area contributed by atoms with Gasteiger partial charge in [-0.05, 0) is 59.1 Å². The third kappa shape index (κ3) is 7.80. The van der Waals surface area contributed by atoms with E-state index in [9.17, 15) is 14.5 Å². The molecule has 0 radical (unpaired) electrons. The lowest BCUT2D eigenvalue weighted by molar-refractivity contribution is -0.0936. The SMILES string of the molecule is COc1ccc(C(OC[C@H]2O[C@@H](n3ccc(=O)[nH]c3=O)[C@H](O[Si](C)(C)C(C)(C)C)[C@@H]2OP(N)O)(c2ccccc2)c2ccc(OC)cc2)cc1. The molecule has 14 heteroatoms. The summed E-state index contributed by atoms with van der Waals surface area (Å²) < 4.78 is 38.9. The van der Waals surface area contributed by atoms with E-state index in [1.807, 2.05) is 78.9 Å². The number of methoxy groups -OCH3 is 2. The first-order chi connectivity index (χ1) is 23.7. The molecule has 0 saturated carbocycles.